The van der Waals surface area contributed by atoms with Crippen LogP contribution >= 0.6 is 0 Å². The number of morpholine rings is 1. The second kappa shape index (κ2) is 7.87. The SMILES string of the molecule is O=C(c1ccccc1)N1CCCCC1c1cccnc1N1CCOCC1. The highest BCUT2D eigenvalue weighted by molar-refractivity contribution is 5.94. The van der Waals surface area contributed by atoms with Crippen LogP contribution in [0.3, 0.4) is 0 Å². The third kappa shape index (κ3) is 3.44. The van der Waals surface area contributed by atoms with Crippen molar-refractivity contribution in [3.05, 3.63) is 59.8 Å². The molecule has 4 rings (SSSR count). The van der Waals surface area contributed by atoms with Gasteiger partial charge in [-0.15, -0.1) is 0 Å². The number of piperidine rings is 1. The Morgan fingerprint density at radius 3 is 2.62 bits per heavy atom. The van der Waals surface area contributed by atoms with Crippen molar-refractivity contribution in [3.8, 4) is 0 Å². The number of benzene rings is 1. The van der Waals surface area contributed by atoms with E-state index in [1.807, 2.05) is 47.5 Å². The van der Waals surface area contributed by atoms with Crippen molar-refractivity contribution >= 4 is 11.7 Å². The Morgan fingerprint density at radius 2 is 1.81 bits per heavy atom. The molecule has 5 heteroatoms. The van der Waals surface area contributed by atoms with Gasteiger partial charge in [0.05, 0.1) is 19.3 Å². The van der Waals surface area contributed by atoms with E-state index in [4.69, 9.17) is 4.74 Å². The Balaban J connectivity index is 1.65. The molecule has 0 radical (unpaired) electrons. The quantitative estimate of drug-likeness (QED) is 0.851. The minimum absolute atomic E-state index is 0.0861. The fraction of sp³-hybridized carbons (Fsp3) is 0.429. The average molecular weight is 351 g/mol. The standard InChI is InChI=1S/C21H25N3O2/c25-21(17-7-2-1-3-8-17)24-12-5-4-10-19(24)18-9-6-11-22-20(18)23-13-15-26-16-14-23/h1-3,6-9,11,19H,4-5,10,12-16H2. The van der Waals surface area contributed by atoms with E-state index < -0.39 is 0 Å². The topological polar surface area (TPSA) is 45.7 Å². The van der Waals surface area contributed by atoms with Gasteiger partial charge in [0.25, 0.3) is 5.91 Å². The molecule has 3 heterocycles. The number of anilines is 1. The molecule has 1 aromatic heterocycles. The van der Waals surface area contributed by atoms with Gasteiger partial charge in [0.1, 0.15) is 5.82 Å². The largest absolute Gasteiger partial charge is 0.378 e. The van der Waals surface area contributed by atoms with E-state index in [1.165, 1.54) is 5.56 Å². The summed E-state index contributed by atoms with van der Waals surface area (Å²) in [6.07, 6.45) is 5.03. The summed E-state index contributed by atoms with van der Waals surface area (Å²) in [5.41, 5.74) is 1.93. The maximum atomic E-state index is 13.1. The van der Waals surface area contributed by atoms with Crippen LogP contribution in [0.2, 0.25) is 0 Å². The van der Waals surface area contributed by atoms with Crippen LogP contribution in [-0.2, 0) is 4.74 Å². The molecular formula is C21H25N3O2. The average Bonchev–Trinajstić information content (AvgIpc) is 2.74. The highest BCUT2D eigenvalue weighted by Crippen LogP contribution is 2.36. The molecule has 1 atom stereocenters. The first-order valence-corrected chi connectivity index (χ1v) is 9.48. The van der Waals surface area contributed by atoms with Crippen LogP contribution in [0.25, 0.3) is 0 Å². The first-order chi connectivity index (χ1) is 12.8. The van der Waals surface area contributed by atoms with Crippen LogP contribution in [0.4, 0.5) is 5.82 Å². The molecule has 5 nitrogen and oxygen atoms in total. The minimum atomic E-state index is 0.0861. The molecule has 2 aliphatic heterocycles. The number of carbonyl (C=O) groups excluding carboxylic acids is 1. The van der Waals surface area contributed by atoms with Crippen molar-refractivity contribution in [2.45, 2.75) is 25.3 Å². The van der Waals surface area contributed by atoms with Crippen LogP contribution in [0.5, 0.6) is 0 Å². The molecule has 136 valence electrons. The van der Waals surface area contributed by atoms with E-state index in [0.29, 0.717) is 0 Å². The Morgan fingerprint density at radius 1 is 1.00 bits per heavy atom. The maximum absolute atomic E-state index is 13.1. The van der Waals surface area contributed by atoms with Gasteiger partial charge >= 0.3 is 0 Å². The zero-order chi connectivity index (χ0) is 17.8. The van der Waals surface area contributed by atoms with E-state index in [2.05, 4.69) is 16.0 Å². The van der Waals surface area contributed by atoms with Crippen LogP contribution in [0, 0.1) is 0 Å². The molecule has 1 amide bonds. The van der Waals surface area contributed by atoms with Crippen molar-refractivity contribution in [2.75, 3.05) is 37.7 Å². The number of nitrogens with zero attached hydrogens (tertiary/aromatic N) is 3. The van der Waals surface area contributed by atoms with Gasteiger partial charge in [-0.05, 0) is 37.5 Å². The number of ether oxygens (including phenoxy) is 1. The highest BCUT2D eigenvalue weighted by Gasteiger charge is 2.31. The molecule has 0 aliphatic carbocycles. The van der Waals surface area contributed by atoms with Crippen molar-refractivity contribution in [2.24, 2.45) is 0 Å². The Bertz CT molecular complexity index is 744. The molecule has 2 aromatic rings. The molecule has 0 saturated carbocycles. The maximum Gasteiger partial charge on any atom is 0.254 e. The Hall–Kier alpha value is -2.40. The molecule has 2 fully saturated rings. The van der Waals surface area contributed by atoms with Crippen molar-refractivity contribution < 1.29 is 9.53 Å². The predicted molar refractivity (Wildman–Crippen MR) is 101 cm³/mol. The molecule has 1 aromatic carbocycles. The predicted octanol–water partition coefficient (Wildman–Crippen LogP) is 3.29. The van der Waals surface area contributed by atoms with Gasteiger partial charge in [-0.1, -0.05) is 24.3 Å². The summed E-state index contributed by atoms with van der Waals surface area (Å²) in [6.45, 7) is 3.96. The number of hydrogen-bond donors (Lipinski definition) is 0. The molecule has 2 saturated heterocycles. The number of pyridine rings is 1. The minimum Gasteiger partial charge on any atom is -0.378 e. The van der Waals surface area contributed by atoms with E-state index in [9.17, 15) is 4.79 Å². The van der Waals surface area contributed by atoms with Crippen molar-refractivity contribution in [1.29, 1.82) is 0 Å². The molecule has 0 bridgehead atoms. The van der Waals surface area contributed by atoms with Crippen LogP contribution in [0.1, 0.15) is 41.2 Å². The van der Waals surface area contributed by atoms with Gasteiger partial charge in [0.2, 0.25) is 0 Å². The molecular weight excluding hydrogens is 326 g/mol. The number of likely N-dealkylation sites (tertiary alicyclic amines) is 1. The second-order valence-electron chi connectivity index (χ2n) is 6.89. The number of carbonyl (C=O) groups is 1. The Kier molecular flexibility index (Phi) is 5.16. The van der Waals surface area contributed by atoms with Gasteiger partial charge in [-0.25, -0.2) is 4.98 Å². The van der Waals surface area contributed by atoms with Gasteiger partial charge in [-0.3, -0.25) is 4.79 Å². The fourth-order valence-corrected chi connectivity index (χ4v) is 3.95. The lowest BCUT2D eigenvalue weighted by Gasteiger charge is -2.38. The van der Waals surface area contributed by atoms with Crippen LogP contribution in [-0.4, -0.2) is 48.6 Å². The summed E-state index contributed by atoms with van der Waals surface area (Å²) in [7, 11) is 0. The summed E-state index contributed by atoms with van der Waals surface area (Å²) >= 11 is 0. The summed E-state index contributed by atoms with van der Waals surface area (Å²) in [4.78, 5) is 22.2. The number of hydrogen-bond acceptors (Lipinski definition) is 4. The fourth-order valence-electron chi connectivity index (χ4n) is 3.95. The highest BCUT2D eigenvalue weighted by atomic mass is 16.5. The molecule has 1 unspecified atom stereocenters. The molecule has 2 aliphatic rings. The zero-order valence-corrected chi connectivity index (χ0v) is 15.0. The van der Waals surface area contributed by atoms with E-state index in [-0.39, 0.29) is 11.9 Å². The number of rotatable bonds is 3. The third-order valence-corrected chi connectivity index (χ3v) is 5.27. The lowest BCUT2D eigenvalue weighted by Crippen LogP contribution is -2.41. The van der Waals surface area contributed by atoms with Gasteiger partial charge in [0.15, 0.2) is 0 Å². The first-order valence-electron chi connectivity index (χ1n) is 9.48. The molecule has 0 spiro atoms. The van der Waals surface area contributed by atoms with E-state index in [0.717, 1.165) is 63.5 Å². The second-order valence-corrected chi connectivity index (χ2v) is 6.89. The first kappa shape index (κ1) is 17.0. The van der Waals surface area contributed by atoms with Crippen LogP contribution in [0.15, 0.2) is 48.7 Å². The van der Waals surface area contributed by atoms with Crippen LogP contribution < -0.4 is 4.90 Å². The monoisotopic (exact) mass is 351 g/mol. The summed E-state index contributed by atoms with van der Waals surface area (Å²) in [6, 6.07) is 13.8. The van der Waals surface area contributed by atoms with Gasteiger partial charge in [-0.2, -0.15) is 0 Å². The van der Waals surface area contributed by atoms with Crippen molar-refractivity contribution in [3.63, 3.8) is 0 Å². The summed E-state index contributed by atoms with van der Waals surface area (Å²) in [5.74, 6) is 1.13. The summed E-state index contributed by atoms with van der Waals surface area (Å²) in [5, 5.41) is 0. The third-order valence-electron chi connectivity index (χ3n) is 5.27. The zero-order valence-electron chi connectivity index (χ0n) is 15.0. The van der Waals surface area contributed by atoms with Gasteiger partial charge < -0.3 is 14.5 Å². The van der Waals surface area contributed by atoms with Crippen molar-refractivity contribution in [1.82, 2.24) is 9.88 Å². The number of aromatic nitrogens is 1. The Labute approximate surface area is 154 Å². The lowest BCUT2D eigenvalue weighted by atomic mass is 9.94. The molecule has 26 heavy (non-hydrogen) atoms. The lowest BCUT2D eigenvalue weighted by molar-refractivity contribution is 0.0611. The van der Waals surface area contributed by atoms with E-state index >= 15 is 0 Å². The number of amides is 1. The smallest absolute Gasteiger partial charge is 0.254 e. The van der Waals surface area contributed by atoms with E-state index in [1.54, 1.807) is 0 Å². The summed E-state index contributed by atoms with van der Waals surface area (Å²) < 4.78 is 5.49. The van der Waals surface area contributed by atoms with Gasteiger partial charge in [0, 0.05) is 37.0 Å². The molecule has 0 N–H and O–H groups in total. The normalized spacial score (nSPS) is 20.8.